The Kier molecular flexibility index (Phi) is 9.65. The molecule has 2 N–H and O–H groups in total. The first kappa shape index (κ1) is 26.4. The summed E-state index contributed by atoms with van der Waals surface area (Å²) in [6.45, 7) is 6.60. The molecular formula is C22H34N4O7S. The molecule has 0 spiro atoms. The van der Waals surface area contributed by atoms with Crippen LogP contribution in [0, 0.1) is 6.92 Å². The first-order valence-corrected chi connectivity index (χ1v) is 12.9. The summed E-state index contributed by atoms with van der Waals surface area (Å²) in [5, 5.41) is 5.10. The summed E-state index contributed by atoms with van der Waals surface area (Å²) >= 11 is 0. The predicted octanol–water partition coefficient (Wildman–Crippen LogP) is -0.305. The Balaban J connectivity index is 1.50. The number of carbonyl (C=O) groups excluding carboxylic acids is 2. The first-order valence-electron chi connectivity index (χ1n) is 11.5. The van der Waals surface area contributed by atoms with Crippen LogP contribution in [0.4, 0.5) is 0 Å². The molecule has 1 atom stereocenters. The normalized spacial score (nSPS) is 20.0. The number of amides is 2. The van der Waals surface area contributed by atoms with Crippen LogP contribution in [0.15, 0.2) is 23.1 Å². The zero-order valence-corrected chi connectivity index (χ0v) is 20.6. The molecule has 190 valence electrons. The van der Waals surface area contributed by atoms with Gasteiger partial charge < -0.3 is 24.8 Å². The molecule has 0 radical (unpaired) electrons. The van der Waals surface area contributed by atoms with E-state index in [4.69, 9.17) is 14.2 Å². The van der Waals surface area contributed by atoms with Gasteiger partial charge in [0.15, 0.2) is 0 Å². The van der Waals surface area contributed by atoms with Crippen molar-refractivity contribution in [3.8, 4) is 5.75 Å². The number of hydrogen-bond donors (Lipinski definition) is 2. The second-order valence-electron chi connectivity index (χ2n) is 8.20. The molecule has 1 aromatic rings. The van der Waals surface area contributed by atoms with Crippen LogP contribution < -0.4 is 15.4 Å². The summed E-state index contributed by atoms with van der Waals surface area (Å²) in [6.07, 6.45) is 0.347. The van der Waals surface area contributed by atoms with Gasteiger partial charge in [-0.05, 0) is 50.1 Å². The average Bonchev–Trinajstić information content (AvgIpc) is 2.85. The van der Waals surface area contributed by atoms with Gasteiger partial charge in [0.25, 0.3) is 0 Å². The molecule has 2 aliphatic heterocycles. The van der Waals surface area contributed by atoms with Crippen LogP contribution >= 0.6 is 0 Å². The Morgan fingerprint density at radius 1 is 1.12 bits per heavy atom. The van der Waals surface area contributed by atoms with Gasteiger partial charge in [0.1, 0.15) is 12.0 Å². The number of morpholine rings is 1. The van der Waals surface area contributed by atoms with E-state index in [-0.39, 0.29) is 18.0 Å². The topological polar surface area (TPSA) is 127 Å². The van der Waals surface area contributed by atoms with Crippen molar-refractivity contribution in [1.82, 2.24) is 19.8 Å². The fourth-order valence-electron chi connectivity index (χ4n) is 3.92. The van der Waals surface area contributed by atoms with Crippen LogP contribution in [0.1, 0.15) is 18.4 Å². The van der Waals surface area contributed by atoms with Gasteiger partial charge in [-0.1, -0.05) is 0 Å². The average molecular weight is 499 g/mol. The standard InChI is InChI=1S/C22H34N4O7S/c1-17-15-18(5-6-19(17)31-2)34(29,30)26-9-4-12-33-20(26)16-24-22(28)21(27)23-7-3-8-25-10-13-32-14-11-25/h5-6,15,20H,3-4,7-14,16H2,1-2H3,(H,23,27)(H,24,28)/t20-/m1/s1. The molecule has 0 bridgehead atoms. The van der Waals surface area contributed by atoms with Crippen molar-refractivity contribution in [3.05, 3.63) is 23.8 Å². The van der Waals surface area contributed by atoms with Gasteiger partial charge in [0.05, 0.1) is 38.4 Å². The molecule has 2 amide bonds. The van der Waals surface area contributed by atoms with E-state index in [2.05, 4.69) is 15.5 Å². The van der Waals surface area contributed by atoms with Crippen molar-refractivity contribution < 1.29 is 32.2 Å². The zero-order chi connectivity index (χ0) is 24.6. The van der Waals surface area contributed by atoms with Gasteiger partial charge in [-0.2, -0.15) is 4.31 Å². The predicted molar refractivity (Wildman–Crippen MR) is 124 cm³/mol. The molecule has 0 unspecified atom stereocenters. The minimum atomic E-state index is -3.87. The molecule has 11 nitrogen and oxygen atoms in total. The van der Waals surface area contributed by atoms with Crippen molar-refractivity contribution in [1.29, 1.82) is 0 Å². The number of hydrogen-bond acceptors (Lipinski definition) is 8. The maximum absolute atomic E-state index is 13.2. The number of rotatable bonds is 9. The highest BCUT2D eigenvalue weighted by atomic mass is 32.2. The van der Waals surface area contributed by atoms with Crippen molar-refractivity contribution in [3.63, 3.8) is 0 Å². The van der Waals surface area contributed by atoms with E-state index >= 15 is 0 Å². The monoisotopic (exact) mass is 498 g/mol. The van der Waals surface area contributed by atoms with E-state index in [1.807, 2.05) is 0 Å². The molecule has 1 aromatic carbocycles. The van der Waals surface area contributed by atoms with Gasteiger partial charge in [-0.25, -0.2) is 8.42 Å². The molecule has 0 aromatic heterocycles. The van der Waals surface area contributed by atoms with Crippen molar-refractivity contribution in [2.75, 3.05) is 66.2 Å². The van der Waals surface area contributed by atoms with Crippen LogP contribution in [0.3, 0.4) is 0 Å². The highest BCUT2D eigenvalue weighted by Crippen LogP contribution is 2.26. The molecule has 3 rings (SSSR count). The van der Waals surface area contributed by atoms with Crippen LogP contribution in [0.25, 0.3) is 0 Å². The molecule has 2 saturated heterocycles. The SMILES string of the molecule is COc1ccc(S(=O)(=O)N2CCCO[C@@H]2CNC(=O)C(=O)NCCCN2CCOCC2)cc1C. The number of methoxy groups -OCH3 is 1. The van der Waals surface area contributed by atoms with Crippen LogP contribution in [-0.2, 0) is 29.1 Å². The smallest absolute Gasteiger partial charge is 0.309 e. The molecule has 0 saturated carbocycles. The van der Waals surface area contributed by atoms with Gasteiger partial charge in [-0.3, -0.25) is 14.5 Å². The summed E-state index contributed by atoms with van der Waals surface area (Å²) in [6, 6.07) is 4.63. The Hall–Kier alpha value is -2.25. The summed E-state index contributed by atoms with van der Waals surface area (Å²) in [5.41, 5.74) is 0.691. The number of nitrogens with zero attached hydrogens (tertiary/aromatic N) is 2. The van der Waals surface area contributed by atoms with Gasteiger partial charge >= 0.3 is 11.8 Å². The second kappa shape index (κ2) is 12.5. The highest BCUT2D eigenvalue weighted by Gasteiger charge is 2.35. The molecule has 2 heterocycles. The largest absolute Gasteiger partial charge is 0.496 e. The lowest BCUT2D eigenvalue weighted by Gasteiger charge is -2.34. The third-order valence-corrected chi connectivity index (χ3v) is 7.70. The van der Waals surface area contributed by atoms with Crippen molar-refractivity contribution in [2.45, 2.75) is 30.9 Å². The number of ether oxygens (including phenoxy) is 3. The highest BCUT2D eigenvalue weighted by molar-refractivity contribution is 7.89. The second-order valence-corrected chi connectivity index (χ2v) is 10.1. The number of sulfonamides is 1. The Bertz CT molecular complexity index is 951. The van der Waals surface area contributed by atoms with E-state index < -0.39 is 28.1 Å². The lowest BCUT2D eigenvalue weighted by molar-refractivity contribution is -0.140. The van der Waals surface area contributed by atoms with Gasteiger partial charge in [0.2, 0.25) is 10.0 Å². The minimum absolute atomic E-state index is 0.116. The first-order chi connectivity index (χ1) is 16.3. The molecule has 2 fully saturated rings. The summed E-state index contributed by atoms with van der Waals surface area (Å²) in [5.74, 6) is -0.982. The fourth-order valence-corrected chi connectivity index (χ4v) is 5.57. The quantitative estimate of drug-likeness (QED) is 0.351. The van der Waals surface area contributed by atoms with Gasteiger partial charge in [0, 0.05) is 26.2 Å². The van der Waals surface area contributed by atoms with E-state index in [0.717, 1.165) is 26.1 Å². The maximum Gasteiger partial charge on any atom is 0.309 e. The van der Waals surface area contributed by atoms with Crippen LogP contribution in [0.5, 0.6) is 5.75 Å². The third-order valence-electron chi connectivity index (χ3n) is 5.81. The molecule has 12 heteroatoms. The molecule has 2 aliphatic rings. The number of carbonyl (C=O) groups is 2. The summed E-state index contributed by atoms with van der Waals surface area (Å²) in [4.78, 5) is 26.7. The van der Waals surface area contributed by atoms with E-state index in [1.165, 1.54) is 17.5 Å². The number of nitrogens with one attached hydrogen (secondary N) is 2. The van der Waals surface area contributed by atoms with Gasteiger partial charge in [-0.15, -0.1) is 0 Å². The lowest BCUT2D eigenvalue weighted by Crippen LogP contribution is -2.53. The van der Waals surface area contributed by atoms with E-state index in [0.29, 0.717) is 44.1 Å². The fraction of sp³-hybridized carbons (Fsp3) is 0.636. The Labute approximate surface area is 200 Å². The Morgan fingerprint density at radius 3 is 2.56 bits per heavy atom. The third kappa shape index (κ3) is 6.89. The van der Waals surface area contributed by atoms with Crippen LogP contribution in [0.2, 0.25) is 0 Å². The molecule has 34 heavy (non-hydrogen) atoms. The van der Waals surface area contributed by atoms with Crippen molar-refractivity contribution in [2.24, 2.45) is 0 Å². The van der Waals surface area contributed by atoms with Crippen molar-refractivity contribution >= 4 is 21.8 Å². The van der Waals surface area contributed by atoms with Crippen LogP contribution in [-0.4, -0.2) is 102 Å². The summed E-state index contributed by atoms with van der Waals surface area (Å²) < 4.78 is 43.8. The summed E-state index contributed by atoms with van der Waals surface area (Å²) in [7, 11) is -2.35. The zero-order valence-electron chi connectivity index (χ0n) is 19.7. The number of aryl methyl sites for hydroxylation is 1. The molecule has 0 aliphatic carbocycles. The molecular weight excluding hydrogens is 464 g/mol. The van der Waals surface area contributed by atoms with E-state index in [1.54, 1.807) is 19.1 Å². The maximum atomic E-state index is 13.2. The minimum Gasteiger partial charge on any atom is -0.496 e. The number of benzene rings is 1. The van der Waals surface area contributed by atoms with E-state index in [9.17, 15) is 18.0 Å². The lowest BCUT2D eigenvalue weighted by atomic mass is 10.2. The Morgan fingerprint density at radius 2 is 1.85 bits per heavy atom.